The summed E-state index contributed by atoms with van der Waals surface area (Å²) in [5.74, 6) is 0. The molecule has 0 amide bonds. The SMILES string of the molecule is CCCc1nc(CN(C)C2CCNCC2)cs1. The first-order valence-corrected chi connectivity index (χ1v) is 7.51. The zero-order chi connectivity index (χ0) is 12.1. The van der Waals surface area contributed by atoms with Gasteiger partial charge in [0.1, 0.15) is 0 Å². The van der Waals surface area contributed by atoms with Gasteiger partial charge in [0.25, 0.3) is 0 Å². The number of nitrogens with one attached hydrogen (secondary N) is 1. The zero-order valence-corrected chi connectivity index (χ0v) is 11.7. The van der Waals surface area contributed by atoms with Gasteiger partial charge in [0.15, 0.2) is 0 Å². The molecule has 1 fully saturated rings. The van der Waals surface area contributed by atoms with Gasteiger partial charge in [-0.05, 0) is 45.8 Å². The van der Waals surface area contributed by atoms with Crippen LogP contribution in [0.25, 0.3) is 0 Å². The third-order valence-electron chi connectivity index (χ3n) is 3.41. The van der Waals surface area contributed by atoms with Crippen molar-refractivity contribution in [3.63, 3.8) is 0 Å². The summed E-state index contributed by atoms with van der Waals surface area (Å²) in [6.07, 6.45) is 4.85. The lowest BCUT2D eigenvalue weighted by Crippen LogP contribution is -2.40. The molecule has 96 valence electrons. The largest absolute Gasteiger partial charge is 0.317 e. The van der Waals surface area contributed by atoms with Gasteiger partial charge in [0.05, 0.1) is 10.7 Å². The first-order valence-electron chi connectivity index (χ1n) is 6.64. The van der Waals surface area contributed by atoms with Gasteiger partial charge >= 0.3 is 0 Å². The van der Waals surface area contributed by atoms with E-state index < -0.39 is 0 Å². The molecular formula is C13H23N3S. The number of thiazole rings is 1. The highest BCUT2D eigenvalue weighted by molar-refractivity contribution is 7.09. The van der Waals surface area contributed by atoms with Crippen molar-refractivity contribution in [3.8, 4) is 0 Å². The maximum absolute atomic E-state index is 4.70. The molecule has 1 N–H and O–H groups in total. The summed E-state index contributed by atoms with van der Waals surface area (Å²) in [5.41, 5.74) is 1.25. The summed E-state index contributed by atoms with van der Waals surface area (Å²) >= 11 is 1.81. The van der Waals surface area contributed by atoms with E-state index in [9.17, 15) is 0 Å². The average molecular weight is 253 g/mol. The van der Waals surface area contributed by atoms with Gasteiger partial charge in [0.2, 0.25) is 0 Å². The molecule has 1 saturated heterocycles. The Morgan fingerprint density at radius 2 is 2.24 bits per heavy atom. The summed E-state index contributed by atoms with van der Waals surface area (Å²) in [6, 6.07) is 0.729. The molecule has 1 aliphatic rings. The molecule has 0 aromatic carbocycles. The van der Waals surface area contributed by atoms with Crippen LogP contribution in [0.4, 0.5) is 0 Å². The third-order valence-corrected chi connectivity index (χ3v) is 4.36. The van der Waals surface area contributed by atoms with Gasteiger partial charge in [-0.3, -0.25) is 4.90 Å². The van der Waals surface area contributed by atoms with Gasteiger partial charge < -0.3 is 5.32 Å². The molecular weight excluding hydrogens is 230 g/mol. The summed E-state index contributed by atoms with van der Waals surface area (Å²) in [5, 5.41) is 6.93. The Labute approximate surface area is 108 Å². The standard InChI is InChI=1S/C13H23N3S/c1-3-4-13-15-11(10-17-13)9-16(2)12-5-7-14-8-6-12/h10,12,14H,3-9H2,1-2H3. The van der Waals surface area contributed by atoms with Crippen LogP contribution in [0.1, 0.15) is 36.9 Å². The normalized spacial score (nSPS) is 17.8. The van der Waals surface area contributed by atoms with E-state index >= 15 is 0 Å². The number of nitrogens with zero attached hydrogens (tertiary/aromatic N) is 2. The van der Waals surface area contributed by atoms with Crippen LogP contribution in [-0.2, 0) is 13.0 Å². The summed E-state index contributed by atoms with van der Waals surface area (Å²) in [7, 11) is 2.23. The van der Waals surface area contributed by atoms with Crippen LogP contribution in [0.3, 0.4) is 0 Å². The van der Waals surface area contributed by atoms with Crippen LogP contribution >= 0.6 is 11.3 Å². The third kappa shape index (κ3) is 3.76. The molecule has 1 aromatic heterocycles. The fraction of sp³-hybridized carbons (Fsp3) is 0.769. The number of aryl methyl sites for hydroxylation is 1. The first-order chi connectivity index (χ1) is 8.29. The Balaban J connectivity index is 1.85. The van der Waals surface area contributed by atoms with Crippen LogP contribution in [0, 0.1) is 0 Å². The maximum atomic E-state index is 4.70. The van der Waals surface area contributed by atoms with E-state index in [1.807, 2.05) is 11.3 Å². The van der Waals surface area contributed by atoms with Crippen LogP contribution < -0.4 is 5.32 Å². The topological polar surface area (TPSA) is 28.2 Å². The van der Waals surface area contributed by atoms with Gasteiger partial charge in [-0.15, -0.1) is 11.3 Å². The van der Waals surface area contributed by atoms with E-state index in [-0.39, 0.29) is 0 Å². The van der Waals surface area contributed by atoms with E-state index in [0.29, 0.717) is 0 Å². The summed E-state index contributed by atoms with van der Waals surface area (Å²) < 4.78 is 0. The number of rotatable bonds is 5. The predicted molar refractivity (Wildman–Crippen MR) is 73.5 cm³/mol. The molecule has 4 heteroatoms. The predicted octanol–water partition coefficient (Wildman–Crippen LogP) is 2.28. The molecule has 2 rings (SSSR count). The molecule has 1 aliphatic heterocycles. The van der Waals surface area contributed by atoms with E-state index in [2.05, 4.69) is 29.6 Å². The van der Waals surface area contributed by atoms with Gasteiger partial charge in [-0.25, -0.2) is 4.98 Å². The van der Waals surface area contributed by atoms with Crippen molar-refractivity contribution in [2.45, 2.75) is 45.2 Å². The second kappa shape index (κ2) is 6.47. The van der Waals surface area contributed by atoms with E-state index in [1.54, 1.807) is 0 Å². The fourth-order valence-corrected chi connectivity index (χ4v) is 3.27. The Morgan fingerprint density at radius 3 is 2.94 bits per heavy atom. The fourth-order valence-electron chi connectivity index (χ4n) is 2.38. The van der Waals surface area contributed by atoms with Crippen molar-refractivity contribution in [2.24, 2.45) is 0 Å². The van der Waals surface area contributed by atoms with Crippen LogP contribution in [-0.4, -0.2) is 36.1 Å². The molecule has 0 aliphatic carbocycles. The van der Waals surface area contributed by atoms with Gasteiger partial charge in [-0.2, -0.15) is 0 Å². The highest BCUT2D eigenvalue weighted by atomic mass is 32.1. The smallest absolute Gasteiger partial charge is 0.0928 e. The van der Waals surface area contributed by atoms with Crippen molar-refractivity contribution in [3.05, 3.63) is 16.1 Å². The number of hydrogen-bond donors (Lipinski definition) is 1. The summed E-state index contributed by atoms with van der Waals surface area (Å²) in [4.78, 5) is 7.16. The number of hydrogen-bond acceptors (Lipinski definition) is 4. The van der Waals surface area contributed by atoms with Crippen molar-refractivity contribution < 1.29 is 0 Å². The summed E-state index contributed by atoms with van der Waals surface area (Å²) in [6.45, 7) is 5.54. The average Bonchev–Trinajstić information content (AvgIpc) is 2.78. The lowest BCUT2D eigenvalue weighted by molar-refractivity contribution is 0.190. The van der Waals surface area contributed by atoms with Gasteiger partial charge in [-0.1, -0.05) is 6.92 Å². The molecule has 2 heterocycles. The number of aromatic nitrogens is 1. The number of piperidine rings is 1. The minimum Gasteiger partial charge on any atom is -0.317 e. The molecule has 1 aromatic rings. The highest BCUT2D eigenvalue weighted by Gasteiger charge is 2.18. The maximum Gasteiger partial charge on any atom is 0.0928 e. The minimum atomic E-state index is 0.729. The highest BCUT2D eigenvalue weighted by Crippen LogP contribution is 2.16. The van der Waals surface area contributed by atoms with E-state index in [0.717, 1.165) is 32.1 Å². The molecule has 0 saturated carbocycles. The Kier molecular flexibility index (Phi) is 4.95. The molecule has 0 bridgehead atoms. The second-order valence-electron chi connectivity index (χ2n) is 4.88. The van der Waals surface area contributed by atoms with Crippen LogP contribution in [0.2, 0.25) is 0 Å². The molecule has 17 heavy (non-hydrogen) atoms. The minimum absolute atomic E-state index is 0.729. The Morgan fingerprint density at radius 1 is 1.47 bits per heavy atom. The zero-order valence-electron chi connectivity index (χ0n) is 10.9. The van der Waals surface area contributed by atoms with Crippen molar-refractivity contribution in [2.75, 3.05) is 20.1 Å². The molecule has 0 unspecified atom stereocenters. The van der Waals surface area contributed by atoms with Crippen LogP contribution in [0.15, 0.2) is 5.38 Å². The Hall–Kier alpha value is -0.450. The van der Waals surface area contributed by atoms with Gasteiger partial charge in [0, 0.05) is 18.0 Å². The lowest BCUT2D eigenvalue weighted by atomic mass is 10.1. The quantitative estimate of drug-likeness (QED) is 0.872. The first kappa shape index (κ1) is 13.0. The van der Waals surface area contributed by atoms with Crippen molar-refractivity contribution in [1.29, 1.82) is 0 Å². The lowest BCUT2D eigenvalue weighted by Gasteiger charge is -2.31. The molecule has 3 nitrogen and oxygen atoms in total. The van der Waals surface area contributed by atoms with Crippen molar-refractivity contribution in [1.82, 2.24) is 15.2 Å². The second-order valence-corrected chi connectivity index (χ2v) is 5.82. The molecule has 0 atom stereocenters. The van der Waals surface area contributed by atoms with Crippen molar-refractivity contribution >= 4 is 11.3 Å². The Bertz CT molecular complexity index is 331. The molecule has 0 spiro atoms. The van der Waals surface area contributed by atoms with Crippen LogP contribution in [0.5, 0.6) is 0 Å². The van der Waals surface area contributed by atoms with E-state index in [1.165, 1.54) is 30.0 Å². The monoisotopic (exact) mass is 253 g/mol. The van der Waals surface area contributed by atoms with E-state index in [4.69, 9.17) is 4.98 Å². The molecule has 0 radical (unpaired) electrons.